The van der Waals surface area contributed by atoms with Crippen molar-refractivity contribution in [2.75, 3.05) is 28.7 Å². The third-order valence-electron chi connectivity index (χ3n) is 9.30. The minimum atomic E-state index is -3.56. The molecule has 2 aliphatic carbocycles. The number of amides is 2. The fraction of sp³-hybridized carbons (Fsp3) is 0.243. The van der Waals surface area contributed by atoms with Gasteiger partial charge in [-0.25, -0.2) is 16.8 Å². The van der Waals surface area contributed by atoms with Crippen molar-refractivity contribution in [2.24, 2.45) is 0 Å². The van der Waals surface area contributed by atoms with Gasteiger partial charge in [-0.1, -0.05) is 24.3 Å². The largest absolute Gasteiger partial charge is 0.506 e. The van der Waals surface area contributed by atoms with E-state index >= 15 is 0 Å². The van der Waals surface area contributed by atoms with E-state index in [9.17, 15) is 42.1 Å². The summed E-state index contributed by atoms with van der Waals surface area (Å²) < 4.78 is 54.6. The maximum atomic E-state index is 13.1. The molecule has 0 aromatic heterocycles. The second-order valence-electron chi connectivity index (χ2n) is 12.8. The third-order valence-corrected chi connectivity index (χ3v) is 12.5. The summed E-state index contributed by atoms with van der Waals surface area (Å²) in [6, 6.07) is 22.9. The molecule has 0 saturated heterocycles. The predicted octanol–water partition coefficient (Wildman–Crippen LogP) is 5.37. The number of rotatable bonds is 5. The smallest absolute Gasteiger partial charge is 0.259 e. The number of methoxy groups -OCH3 is 1. The standard InChI is InChI=1S/C19H16N2O4S.C18H14N2O4S/c1-25-18-14(10-20)8-13(9-15(18)12-6-7-12)19(22)21-11-26(23,24)17-5-3-2-4-16(17)21;19-9-13-7-12(8-14(17(13)21)11-5-6-11)18(22)20-10-25(23,24)16-4-2-1-3-15(16)20/h2-5,8-9,12H,6-7,11H2,1H3;1-4,7-8,11,21H,5-6,10H2. The van der Waals surface area contributed by atoms with Crippen LogP contribution in [0.15, 0.2) is 82.6 Å². The van der Waals surface area contributed by atoms with E-state index in [-0.39, 0.29) is 44.1 Å². The third kappa shape index (κ3) is 6.07. The number of sulfone groups is 2. The van der Waals surface area contributed by atoms with Crippen LogP contribution < -0.4 is 14.5 Å². The summed E-state index contributed by atoms with van der Waals surface area (Å²) in [7, 11) is -5.58. The van der Waals surface area contributed by atoms with Gasteiger partial charge in [0.1, 0.15) is 35.4 Å². The number of aromatic hydroxyl groups is 1. The van der Waals surface area contributed by atoms with Crippen molar-refractivity contribution >= 4 is 42.9 Å². The van der Waals surface area contributed by atoms with E-state index < -0.39 is 43.2 Å². The molecule has 51 heavy (non-hydrogen) atoms. The highest BCUT2D eigenvalue weighted by Gasteiger charge is 2.39. The second-order valence-corrected chi connectivity index (χ2v) is 16.6. The number of carbonyl (C=O) groups is 2. The molecule has 14 heteroatoms. The van der Waals surface area contributed by atoms with Gasteiger partial charge in [0, 0.05) is 11.1 Å². The predicted molar refractivity (Wildman–Crippen MR) is 185 cm³/mol. The molecule has 2 fully saturated rings. The monoisotopic (exact) mass is 722 g/mol. The number of nitriles is 2. The van der Waals surface area contributed by atoms with Crippen molar-refractivity contribution in [3.8, 4) is 23.6 Å². The molecule has 0 radical (unpaired) electrons. The average molecular weight is 723 g/mol. The topological polar surface area (TPSA) is 186 Å². The van der Waals surface area contributed by atoms with Crippen LogP contribution in [-0.4, -0.2) is 52.6 Å². The van der Waals surface area contributed by atoms with Crippen molar-refractivity contribution in [3.05, 3.63) is 106 Å². The van der Waals surface area contributed by atoms with E-state index in [4.69, 9.17) is 4.74 Å². The SMILES string of the molecule is COc1c(C#N)cc(C(=O)N2CS(=O)(=O)c3ccccc32)cc1C1CC1.N#Cc1cc(C(=O)N2CS(=O)(=O)c3ccccc32)cc(C2CC2)c1O. The van der Waals surface area contributed by atoms with Crippen molar-refractivity contribution in [1.29, 1.82) is 10.5 Å². The Labute approximate surface area is 294 Å². The van der Waals surface area contributed by atoms with Gasteiger partial charge in [0.15, 0.2) is 19.7 Å². The molecule has 0 bridgehead atoms. The van der Waals surface area contributed by atoms with Gasteiger partial charge in [0.2, 0.25) is 0 Å². The first-order valence-electron chi connectivity index (χ1n) is 16.0. The zero-order valence-electron chi connectivity index (χ0n) is 27.2. The average Bonchev–Trinajstić information content (AvgIpc) is 4.08. The van der Waals surface area contributed by atoms with E-state index in [1.54, 1.807) is 48.5 Å². The molecule has 0 unspecified atom stereocenters. The van der Waals surface area contributed by atoms with Crippen LogP contribution in [0.5, 0.6) is 11.5 Å². The number of para-hydroxylation sites is 2. The van der Waals surface area contributed by atoms with Crippen molar-refractivity contribution < 1.29 is 36.3 Å². The lowest BCUT2D eigenvalue weighted by molar-refractivity contribution is 0.0983. The summed E-state index contributed by atoms with van der Waals surface area (Å²) in [6.07, 6.45) is 3.77. The Bertz CT molecular complexity index is 2460. The van der Waals surface area contributed by atoms with Crippen LogP contribution in [0.1, 0.15) is 80.5 Å². The number of phenols is 1. The van der Waals surface area contributed by atoms with E-state index in [1.807, 2.05) is 6.07 Å². The Kier molecular flexibility index (Phi) is 8.32. The number of hydrogen-bond donors (Lipinski definition) is 1. The number of benzene rings is 4. The lowest BCUT2D eigenvalue weighted by atomic mass is 10.00. The minimum Gasteiger partial charge on any atom is -0.506 e. The molecule has 258 valence electrons. The highest BCUT2D eigenvalue weighted by molar-refractivity contribution is 7.92. The molecule has 1 N–H and O–H groups in total. The molecule has 2 amide bonds. The molecule has 2 aliphatic heterocycles. The Morgan fingerprint density at radius 1 is 0.706 bits per heavy atom. The molecule has 4 aromatic rings. The minimum absolute atomic E-state index is 0.0306. The van der Waals surface area contributed by atoms with E-state index in [0.717, 1.165) is 31.2 Å². The summed E-state index contributed by atoms with van der Waals surface area (Å²) in [5.41, 5.74) is 2.97. The van der Waals surface area contributed by atoms with Gasteiger partial charge in [0.25, 0.3) is 11.8 Å². The molecule has 2 heterocycles. The summed E-state index contributed by atoms with van der Waals surface area (Å²) in [5.74, 6) is -0.901. The first-order chi connectivity index (χ1) is 24.4. The highest BCUT2D eigenvalue weighted by atomic mass is 32.2. The quantitative estimate of drug-likeness (QED) is 0.281. The van der Waals surface area contributed by atoms with Gasteiger partial charge >= 0.3 is 0 Å². The fourth-order valence-electron chi connectivity index (χ4n) is 6.51. The van der Waals surface area contributed by atoms with E-state index in [2.05, 4.69) is 6.07 Å². The highest BCUT2D eigenvalue weighted by Crippen LogP contribution is 2.47. The number of fused-ring (bicyclic) bond motifs is 2. The Morgan fingerprint density at radius 3 is 1.59 bits per heavy atom. The van der Waals surface area contributed by atoms with E-state index in [0.29, 0.717) is 28.3 Å². The molecule has 12 nitrogen and oxygen atoms in total. The number of phenolic OH excluding ortho intramolecular Hbond substituents is 1. The molecular formula is C37H30N4O8S2. The van der Waals surface area contributed by atoms with Crippen LogP contribution in [0.2, 0.25) is 0 Å². The van der Waals surface area contributed by atoms with Crippen molar-refractivity contribution in [3.63, 3.8) is 0 Å². The molecule has 0 atom stereocenters. The molecule has 2 saturated carbocycles. The maximum Gasteiger partial charge on any atom is 0.259 e. The van der Waals surface area contributed by atoms with Gasteiger partial charge in [0.05, 0.1) is 39.4 Å². The lowest BCUT2D eigenvalue weighted by Gasteiger charge is -2.18. The zero-order chi connectivity index (χ0) is 36.2. The Morgan fingerprint density at radius 2 is 1.14 bits per heavy atom. The van der Waals surface area contributed by atoms with Crippen LogP contribution >= 0.6 is 0 Å². The number of ether oxygens (including phenoxy) is 1. The Hall–Kier alpha value is -5.70. The maximum absolute atomic E-state index is 13.1. The second kappa shape index (κ2) is 12.6. The van der Waals surface area contributed by atoms with E-state index in [1.165, 1.54) is 41.2 Å². The number of hydrogen-bond acceptors (Lipinski definition) is 10. The van der Waals surface area contributed by atoms with Crippen LogP contribution in [0.25, 0.3) is 0 Å². The Balaban J connectivity index is 0.000000159. The number of carbonyl (C=O) groups excluding carboxylic acids is 2. The van der Waals surface area contributed by atoms with Gasteiger partial charge < -0.3 is 9.84 Å². The van der Waals surface area contributed by atoms with Gasteiger partial charge in [-0.15, -0.1) is 0 Å². The van der Waals surface area contributed by atoms with Gasteiger partial charge in [-0.2, -0.15) is 10.5 Å². The number of anilines is 2. The van der Waals surface area contributed by atoms with Crippen molar-refractivity contribution in [2.45, 2.75) is 47.3 Å². The van der Waals surface area contributed by atoms with Gasteiger partial charge in [-0.3, -0.25) is 19.4 Å². The molecule has 0 spiro atoms. The summed E-state index contributed by atoms with van der Waals surface area (Å²) in [6.45, 7) is 0. The first kappa shape index (κ1) is 33.8. The van der Waals surface area contributed by atoms with Crippen molar-refractivity contribution in [1.82, 2.24) is 0 Å². The molecule has 4 aliphatic rings. The first-order valence-corrected chi connectivity index (χ1v) is 19.3. The van der Waals surface area contributed by atoms with Crippen LogP contribution in [0, 0.1) is 22.7 Å². The summed E-state index contributed by atoms with van der Waals surface area (Å²) >= 11 is 0. The van der Waals surface area contributed by atoms with Crippen LogP contribution in [-0.2, 0) is 19.7 Å². The fourth-order valence-corrected chi connectivity index (χ4v) is 9.54. The van der Waals surface area contributed by atoms with Crippen LogP contribution in [0.4, 0.5) is 11.4 Å². The summed E-state index contributed by atoms with van der Waals surface area (Å²) in [5, 5.41) is 28.8. The van der Waals surface area contributed by atoms with Crippen LogP contribution in [0.3, 0.4) is 0 Å². The normalized spacial score (nSPS) is 17.6. The molecule has 8 rings (SSSR count). The molecular weight excluding hydrogens is 693 g/mol. The lowest BCUT2D eigenvalue weighted by Crippen LogP contribution is -2.30. The zero-order valence-corrected chi connectivity index (χ0v) is 28.9. The summed E-state index contributed by atoms with van der Waals surface area (Å²) in [4.78, 5) is 28.8. The van der Waals surface area contributed by atoms with Gasteiger partial charge in [-0.05, 0) is 97.2 Å². The number of nitrogens with zero attached hydrogens (tertiary/aromatic N) is 4. The molecule has 4 aromatic carbocycles.